The smallest absolute Gasteiger partial charge is 0.273 e. The van der Waals surface area contributed by atoms with Crippen LogP contribution >= 0.6 is 11.3 Å². The van der Waals surface area contributed by atoms with E-state index in [0.717, 1.165) is 41.4 Å². The molecular weight excluding hydrogens is 306 g/mol. The highest BCUT2D eigenvalue weighted by Gasteiger charge is 2.17. The first-order valence-corrected chi connectivity index (χ1v) is 9.06. The number of benzene rings is 1. The lowest BCUT2D eigenvalue weighted by atomic mass is 10.2. The number of aryl methyl sites for hydroxylation is 1. The fourth-order valence-electron chi connectivity index (χ4n) is 1.83. The topological polar surface area (TPSA) is 71.1 Å². The zero-order valence-electron chi connectivity index (χ0n) is 12.1. The molecule has 0 radical (unpaired) electrons. The van der Waals surface area contributed by atoms with Crippen LogP contribution in [0.3, 0.4) is 0 Å². The van der Waals surface area contributed by atoms with E-state index >= 15 is 0 Å². The van der Waals surface area contributed by atoms with Crippen LogP contribution in [0.2, 0.25) is 0 Å². The van der Waals surface area contributed by atoms with Gasteiger partial charge in [-0.05, 0) is 37.6 Å². The molecule has 0 bridgehead atoms. The van der Waals surface area contributed by atoms with Crippen molar-refractivity contribution < 1.29 is 8.42 Å². The zero-order chi connectivity index (χ0) is 15.3. The van der Waals surface area contributed by atoms with E-state index < -0.39 is 10.0 Å². The first-order chi connectivity index (χ1) is 10.0. The summed E-state index contributed by atoms with van der Waals surface area (Å²) in [5, 5.41) is 4.02. The van der Waals surface area contributed by atoms with Crippen molar-refractivity contribution in [1.29, 1.82) is 0 Å². The third kappa shape index (κ3) is 4.52. The van der Waals surface area contributed by atoms with Crippen LogP contribution in [0.25, 0.3) is 0 Å². The molecule has 2 rings (SSSR count). The number of aromatic nitrogens is 1. The molecule has 0 aliphatic carbocycles. The summed E-state index contributed by atoms with van der Waals surface area (Å²) in [6.07, 6.45) is 2.45. The Kier molecular flexibility index (Phi) is 5.33. The van der Waals surface area contributed by atoms with Gasteiger partial charge in [-0.25, -0.2) is 13.4 Å². The van der Waals surface area contributed by atoms with Crippen molar-refractivity contribution in [3.05, 3.63) is 41.0 Å². The minimum Gasteiger partial charge on any atom is -0.313 e. The maximum Gasteiger partial charge on any atom is 0.273 e. The first-order valence-electron chi connectivity index (χ1n) is 6.76. The fraction of sp³-hybridized carbons (Fsp3) is 0.357. The van der Waals surface area contributed by atoms with Crippen molar-refractivity contribution in [1.82, 2.24) is 10.3 Å². The molecule has 0 aliphatic heterocycles. The van der Waals surface area contributed by atoms with Crippen molar-refractivity contribution in [3.63, 3.8) is 0 Å². The number of hydrogen-bond donors (Lipinski definition) is 2. The molecule has 21 heavy (non-hydrogen) atoms. The third-order valence-electron chi connectivity index (χ3n) is 2.80. The highest BCUT2D eigenvalue weighted by molar-refractivity contribution is 7.94. The van der Waals surface area contributed by atoms with Crippen LogP contribution in [0.15, 0.2) is 34.7 Å². The van der Waals surface area contributed by atoms with Gasteiger partial charge in [0.25, 0.3) is 10.0 Å². The van der Waals surface area contributed by atoms with Gasteiger partial charge in [-0.15, -0.1) is 11.3 Å². The number of nitrogens with zero attached hydrogens (tertiary/aromatic N) is 1. The Hall–Kier alpha value is -1.44. The molecule has 0 atom stereocenters. The SMILES string of the molecule is CCCNCc1cccc(NS(=O)(=O)c2cnc(C)s2)c1. The predicted molar refractivity (Wildman–Crippen MR) is 86.1 cm³/mol. The highest BCUT2D eigenvalue weighted by atomic mass is 32.2. The quantitative estimate of drug-likeness (QED) is 0.768. The molecule has 0 amide bonds. The second-order valence-corrected chi connectivity index (χ2v) is 7.82. The molecule has 1 aromatic carbocycles. The van der Waals surface area contributed by atoms with Crippen LogP contribution in [-0.4, -0.2) is 19.9 Å². The van der Waals surface area contributed by atoms with Crippen molar-refractivity contribution in [2.75, 3.05) is 11.3 Å². The van der Waals surface area contributed by atoms with Crippen molar-refractivity contribution in [2.24, 2.45) is 0 Å². The lowest BCUT2D eigenvalue weighted by Gasteiger charge is -2.08. The minimum atomic E-state index is -3.55. The second-order valence-electron chi connectivity index (χ2n) is 4.68. The van der Waals surface area contributed by atoms with Gasteiger partial charge < -0.3 is 5.32 Å². The fourth-order valence-corrected chi connectivity index (χ4v) is 3.98. The average molecular weight is 325 g/mol. The summed E-state index contributed by atoms with van der Waals surface area (Å²) in [5.41, 5.74) is 1.61. The Balaban J connectivity index is 2.10. The van der Waals surface area contributed by atoms with Gasteiger partial charge >= 0.3 is 0 Å². The molecule has 0 saturated carbocycles. The van der Waals surface area contributed by atoms with Crippen LogP contribution in [0.5, 0.6) is 0 Å². The van der Waals surface area contributed by atoms with Crippen molar-refractivity contribution in [2.45, 2.75) is 31.0 Å². The molecule has 7 heteroatoms. The largest absolute Gasteiger partial charge is 0.313 e. The molecule has 0 aliphatic rings. The summed E-state index contributed by atoms with van der Waals surface area (Å²) in [4.78, 5) is 3.98. The number of hydrogen-bond acceptors (Lipinski definition) is 5. The summed E-state index contributed by atoms with van der Waals surface area (Å²) in [5.74, 6) is 0. The second kappa shape index (κ2) is 7.02. The summed E-state index contributed by atoms with van der Waals surface area (Å²) in [6.45, 7) is 5.55. The molecule has 114 valence electrons. The predicted octanol–water partition coefficient (Wildman–Crippen LogP) is 2.75. The average Bonchev–Trinajstić information content (AvgIpc) is 2.87. The molecule has 0 unspecified atom stereocenters. The summed E-state index contributed by atoms with van der Waals surface area (Å²) < 4.78 is 27.3. The number of thiazole rings is 1. The highest BCUT2D eigenvalue weighted by Crippen LogP contribution is 2.21. The van der Waals surface area contributed by atoms with Gasteiger partial charge in [-0.3, -0.25) is 4.72 Å². The van der Waals surface area contributed by atoms with Crippen LogP contribution in [0.1, 0.15) is 23.9 Å². The van der Waals surface area contributed by atoms with E-state index in [2.05, 4.69) is 21.9 Å². The van der Waals surface area contributed by atoms with Gasteiger partial charge in [0, 0.05) is 12.2 Å². The molecule has 1 heterocycles. The van der Waals surface area contributed by atoms with E-state index in [4.69, 9.17) is 0 Å². The van der Waals surface area contributed by atoms with E-state index in [9.17, 15) is 8.42 Å². The Morgan fingerprint density at radius 2 is 2.14 bits per heavy atom. The van der Waals surface area contributed by atoms with Gasteiger partial charge in [0.05, 0.1) is 11.2 Å². The lowest BCUT2D eigenvalue weighted by Crippen LogP contribution is -2.15. The van der Waals surface area contributed by atoms with Crippen molar-refractivity contribution >= 4 is 27.0 Å². The Morgan fingerprint density at radius 1 is 1.33 bits per heavy atom. The van der Waals surface area contributed by atoms with Crippen LogP contribution in [0.4, 0.5) is 5.69 Å². The standard InChI is InChI=1S/C14H19N3O2S2/c1-3-7-15-9-12-5-4-6-13(8-12)17-21(18,19)14-10-16-11(2)20-14/h4-6,8,10,15,17H,3,7,9H2,1-2H3. The first kappa shape index (κ1) is 15.9. The summed E-state index contributed by atoms with van der Waals surface area (Å²) in [7, 11) is -3.55. The molecule has 2 N–H and O–H groups in total. The van der Waals surface area contributed by atoms with E-state index in [-0.39, 0.29) is 4.21 Å². The Labute approximate surface area is 129 Å². The Morgan fingerprint density at radius 3 is 2.81 bits per heavy atom. The van der Waals surface area contributed by atoms with E-state index in [0.29, 0.717) is 5.69 Å². The Bertz CT molecular complexity index is 696. The molecule has 0 fully saturated rings. The molecule has 0 spiro atoms. The van der Waals surface area contributed by atoms with Gasteiger partial charge in [-0.2, -0.15) is 0 Å². The van der Waals surface area contributed by atoms with Crippen LogP contribution in [-0.2, 0) is 16.6 Å². The summed E-state index contributed by atoms with van der Waals surface area (Å²) in [6, 6.07) is 7.40. The molecule has 5 nitrogen and oxygen atoms in total. The maximum atomic E-state index is 12.2. The molecule has 0 saturated heterocycles. The van der Waals surface area contributed by atoms with Crippen LogP contribution in [0, 0.1) is 6.92 Å². The van der Waals surface area contributed by atoms with Gasteiger partial charge in [0.1, 0.15) is 0 Å². The monoisotopic (exact) mass is 325 g/mol. The molecule has 1 aromatic heterocycles. The number of sulfonamides is 1. The number of nitrogens with one attached hydrogen (secondary N) is 2. The van der Waals surface area contributed by atoms with Gasteiger partial charge in [0.15, 0.2) is 4.21 Å². The minimum absolute atomic E-state index is 0.231. The molecular formula is C14H19N3O2S2. The number of anilines is 1. The molecule has 2 aromatic rings. The van der Waals surface area contributed by atoms with E-state index in [1.54, 1.807) is 13.0 Å². The van der Waals surface area contributed by atoms with E-state index in [1.165, 1.54) is 6.20 Å². The van der Waals surface area contributed by atoms with Crippen molar-refractivity contribution in [3.8, 4) is 0 Å². The normalized spacial score (nSPS) is 11.5. The third-order valence-corrected chi connectivity index (χ3v) is 5.56. The van der Waals surface area contributed by atoms with Crippen LogP contribution < -0.4 is 10.0 Å². The number of rotatable bonds is 7. The van der Waals surface area contributed by atoms with E-state index in [1.807, 2.05) is 18.2 Å². The maximum absolute atomic E-state index is 12.2. The zero-order valence-corrected chi connectivity index (χ0v) is 13.7. The lowest BCUT2D eigenvalue weighted by molar-refractivity contribution is 0.603. The summed E-state index contributed by atoms with van der Waals surface area (Å²) >= 11 is 1.16. The van der Waals surface area contributed by atoms with Gasteiger partial charge in [0.2, 0.25) is 0 Å². The van der Waals surface area contributed by atoms with Gasteiger partial charge in [-0.1, -0.05) is 19.1 Å².